The van der Waals surface area contributed by atoms with E-state index < -0.39 is 17.5 Å². The van der Waals surface area contributed by atoms with Gasteiger partial charge in [-0.15, -0.1) is 0 Å². The number of rotatable bonds is 5. The number of alkyl halides is 3. The van der Waals surface area contributed by atoms with Crippen molar-refractivity contribution in [2.45, 2.75) is 12.6 Å². The average molecular weight is 344 g/mol. The Morgan fingerprint density at radius 1 is 0.880 bits per heavy atom. The summed E-state index contributed by atoms with van der Waals surface area (Å²) in [6.45, 7) is 0.177. The molecule has 0 N–H and O–H groups in total. The minimum absolute atomic E-state index is 0.0173. The van der Waals surface area contributed by atoms with E-state index in [2.05, 4.69) is 0 Å². The van der Waals surface area contributed by atoms with Gasteiger partial charge in [-0.1, -0.05) is 60.7 Å². The van der Waals surface area contributed by atoms with Crippen LogP contribution in [0.1, 0.15) is 15.9 Å². The van der Waals surface area contributed by atoms with Crippen LogP contribution in [0.4, 0.5) is 13.2 Å². The van der Waals surface area contributed by atoms with E-state index in [0.717, 1.165) is 10.9 Å². The maximum absolute atomic E-state index is 12.9. The minimum atomic E-state index is -4.94. The minimum Gasteiger partial charge on any atom is -0.492 e. The fourth-order valence-electron chi connectivity index (χ4n) is 2.65. The van der Waals surface area contributed by atoms with Crippen LogP contribution in [0, 0.1) is 0 Å². The molecule has 2 nitrogen and oxygen atoms in total. The molecule has 0 aliphatic heterocycles. The number of carbonyl (C=O) groups excluding carboxylic acids is 1. The second-order valence-corrected chi connectivity index (χ2v) is 5.57. The number of hydrogen-bond acceptors (Lipinski definition) is 2. The summed E-state index contributed by atoms with van der Waals surface area (Å²) < 4.78 is 44.3. The van der Waals surface area contributed by atoms with E-state index in [-0.39, 0.29) is 12.4 Å². The molecule has 0 aliphatic rings. The van der Waals surface area contributed by atoms with E-state index in [1.165, 1.54) is 12.1 Å². The smallest absolute Gasteiger partial charge is 0.455 e. The van der Waals surface area contributed by atoms with Gasteiger partial charge in [-0.3, -0.25) is 4.79 Å². The Balaban J connectivity index is 1.94. The molecule has 0 fully saturated rings. The molecule has 128 valence electrons. The van der Waals surface area contributed by atoms with Gasteiger partial charge in [0, 0.05) is 11.8 Å². The first kappa shape index (κ1) is 17.0. The molecule has 0 saturated heterocycles. The molecule has 3 aromatic carbocycles. The molecule has 0 aromatic heterocycles. The van der Waals surface area contributed by atoms with Crippen LogP contribution in [-0.2, 0) is 6.42 Å². The van der Waals surface area contributed by atoms with Crippen molar-refractivity contribution in [1.82, 2.24) is 0 Å². The summed E-state index contributed by atoms with van der Waals surface area (Å²) in [7, 11) is 0. The Morgan fingerprint density at radius 2 is 1.56 bits per heavy atom. The van der Waals surface area contributed by atoms with Crippen molar-refractivity contribution in [2.24, 2.45) is 0 Å². The third-order valence-corrected chi connectivity index (χ3v) is 3.86. The summed E-state index contributed by atoms with van der Waals surface area (Å²) in [6, 6.07) is 19.0. The van der Waals surface area contributed by atoms with Crippen LogP contribution in [0.5, 0.6) is 5.75 Å². The monoisotopic (exact) mass is 344 g/mol. The highest BCUT2D eigenvalue weighted by Crippen LogP contribution is 2.34. The molecule has 0 saturated carbocycles. The van der Waals surface area contributed by atoms with Crippen molar-refractivity contribution in [3.63, 3.8) is 0 Å². The van der Waals surface area contributed by atoms with Gasteiger partial charge in [-0.05, 0) is 17.0 Å². The number of benzene rings is 3. The number of carbonyl (C=O) groups is 1. The van der Waals surface area contributed by atoms with Crippen LogP contribution in [0.2, 0.25) is 0 Å². The first-order valence-electron chi connectivity index (χ1n) is 7.77. The quantitative estimate of drug-likeness (QED) is 0.594. The Labute approximate surface area is 142 Å². The average Bonchev–Trinajstić information content (AvgIpc) is 2.61. The molecule has 0 aliphatic carbocycles. The van der Waals surface area contributed by atoms with Crippen LogP contribution >= 0.6 is 0 Å². The van der Waals surface area contributed by atoms with Gasteiger partial charge in [-0.2, -0.15) is 13.2 Å². The van der Waals surface area contributed by atoms with E-state index >= 15 is 0 Å². The van der Waals surface area contributed by atoms with E-state index in [1.807, 2.05) is 30.3 Å². The van der Waals surface area contributed by atoms with Crippen molar-refractivity contribution in [2.75, 3.05) is 6.61 Å². The maximum Gasteiger partial charge on any atom is 0.455 e. The van der Waals surface area contributed by atoms with Gasteiger partial charge >= 0.3 is 6.18 Å². The lowest BCUT2D eigenvalue weighted by atomic mass is 10.0. The maximum atomic E-state index is 12.9. The van der Waals surface area contributed by atoms with Gasteiger partial charge in [0.1, 0.15) is 5.75 Å². The zero-order valence-corrected chi connectivity index (χ0v) is 13.2. The first-order valence-corrected chi connectivity index (χ1v) is 7.77. The molecule has 25 heavy (non-hydrogen) atoms. The molecule has 0 spiro atoms. The van der Waals surface area contributed by atoms with E-state index in [0.29, 0.717) is 11.8 Å². The SMILES string of the molecule is O=C(c1ccc2ccccc2c1OCCc1ccccc1)C(F)(F)F. The van der Waals surface area contributed by atoms with Gasteiger partial charge in [0.05, 0.1) is 12.2 Å². The summed E-state index contributed by atoms with van der Waals surface area (Å²) in [5.74, 6) is -1.91. The van der Waals surface area contributed by atoms with Crippen molar-refractivity contribution < 1.29 is 22.7 Å². The lowest BCUT2D eigenvalue weighted by Gasteiger charge is -2.15. The number of ketones is 1. The summed E-state index contributed by atoms with van der Waals surface area (Å²) in [6.07, 6.45) is -4.41. The lowest BCUT2D eigenvalue weighted by Crippen LogP contribution is -2.23. The van der Waals surface area contributed by atoms with Crippen molar-refractivity contribution >= 4 is 16.6 Å². The molecule has 0 unspecified atom stereocenters. The van der Waals surface area contributed by atoms with Crippen LogP contribution in [0.25, 0.3) is 10.8 Å². The molecule has 0 amide bonds. The first-order chi connectivity index (χ1) is 12.0. The normalized spacial score (nSPS) is 11.5. The fraction of sp³-hybridized carbons (Fsp3) is 0.150. The Kier molecular flexibility index (Phi) is 4.74. The van der Waals surface area contributed by atoms with E-state index in [9.17, 15) is 18.0 Å². The fourth-order valence-corrected chi connectivity index (χ4v) is 2.65. The van der Waals surface area contributed by atoms with Gasteiger partial charge in [-0.25, -0.2) is 0 Å². The van der Waals surface area contributed by atoms with Crippen molar-refractivity contribution in [1.29, 1.82) is 0 Å². The second kappa shape index (κ2) is 6.97. The Bertz CT molecular complexity index is 886. The molecule has 0 atom stereocenters. The number of hydrogen-bond donors (Lipinski definition) is 0. The molecular formula is C20H15F3O2. The largest absolute Gasteiger partial charge is 0.492 e. The van der Waals surface area contributed by atoms with Crippen molar-refractivity contribution in [3.8, 4) is 5.75 Å². The number of ether oxygens (including phenoxy) is 1. The number of fused-ring (bicyclic) bond motifs is 1. The Morgan fingerprint density at radius 3 is 2.28 bits per heavy atom. The summed E-state index contributed by atoms with van der Waals surface area (Å²) in [4.78, 5) is 11.8. The predicted octanol–water partition coefficient (Wildman–Crippen LogP) is 5.21. The molecular weight excluding hydrogens is 329 g/mol. The number of halogens is 3. The van der Waals surface area contributed by atoms with Gasteiger partial charge in [0.2, 0.25) is 0 Å². The summed E-state index contributed by atoms with van der Waals surface area (Å²) >= 11 is 0. The summed E-state index contributed by atoms with van der Waals surface area (Å²) in [5.41, 5.74) is 0.547. The topological polar surface area (TPSA) is 26.3 Å². The molecule has 3 aromatic rings. The second-order valence-electron chi connectivity index (χ2n) is 5.57. The van der Waals surface area contributed by atoms with E-state index in [4.69, 9.17) is 4.74 Å². The van der Waals surface area contributed by atoms with E-state index in [1.54, 1.807) is 24.3 Å². The predicted molar refractivity (Wildman–Crippen MR) is 90.0 cm³/mol. The molecule has 3 rings (SSSR count). The van der Waals surface area contributed by atoms with Gasteiger partial charge < -0.3 is 4.74 Å². The van der Waals surface area contributed by atoms with Gasteiger partial charge in [0.15, 0.2) is 0 Å². The standard InChI is InChI=1S/C20H15F3O2/c21-20(22,23)19(24)17-11-10-15-8-4-5-9-16(15)18(17)25-13-12-14-6-2-1-3-7-14/h1-11H,12-13H2. The van der Waals surface area contributed by atoms with Crippen LogP contribution < -0.4 is 4.74 Å². The Hall–Kier alpha value is -2.82. The third kappa shape index (κ3) is 3.82. The van der Waals surface area contributed by atoms with Crippen molar-refractivity contribution in [3.05, 3.63) is 77.9 Å². The molecule has 0 radical (unpaired) electrons. The van der Waals surface area contributed by atoms with Crippen LogP contribution in [0.3, 0.4) is 0 Å². The van der Waals surface area contributed by atoms with Crippen LogP contribution in [-0.4, -0.2) is 18.6 Å². The zero-order chi connectivity index (χ0) is 17.9. The lowest BCUT2D eigenvalue weighted by molar-refractivity contribution is -0.0886. The highest BCUT2D eigenvalue weighted by molar-refractivity contribution is 6.07. The zero-order valence-electron chi connectivity index (χ0n) is 13.2. The highest BCUT2D eigenvalue weighted by atomic mass is 19.4. The number of Topliss-reactive ketones (excluding diaryl/α,β-unsaturated/α-hetero) is 1. The third-order valence-electron chi connectivity index (χ3n) is 3.86. The molecule has 0 heterocycles. The molecule has 5 heteroatoms. The highest BCUT2D eigenvalue weighted by Gasteiger charge is 2.41. The van der Waals surface area contributed by atoms with Gasteiger partial charge in [0.25, 0.3) is 5.78 Å². The van der Waals surface area contributed by atoms with Crippen LogP contribution in [0.15, 0.2) is 66.7 Å². The summed E-state index contributed by atoms with van der Waals surface area (Å²) in [5, 5.41) is 1.21. The molecule has 0 bridgehead atoms.